The molecular weight excluding hydrogens is 236 g/mol. The first-order valence-corrected chi connectivity index (χ1v) is 7.72. The summed E-state index contributed by atoms with van der Waals surface area (Å²) in [6.45, 7) is 5.51. The van der Waals surface area contributed by atoms with Crippen molar-refractivity contribution in [2.45, 2.75) is 63.1 Å². The lowest BCUT2D eigenvalue weighted by atomic mass is 9.93. The van der Waals surface area contributed by atoms with Crippen molar-refractivity contribution >= 4 is 0 Å². The van der Waals surface area contributed by atoms with E-state index in [1.165, 1.54) is 32.4 Å². The first-order chi connectivity index (χ1) is 9.08. The molecule has 108 valence electrons. The number of likely N-dealkylation sites (N-methyl/N-ethyl adjacent to an activating group) is 1. The molecule has 0 aromatic rings. The Hall–Kier alpha value is -0.630. The van der Waals surface area contributed by atoms with Crippen LogP contribution in [0.5, 0.6) is 0 Å². The van der Waals surface area contributed by atoms with Gasteiger partial charge in [0.25, 0.3) is 0 Å². The van der Waals surface area contributed by atoms with Crippen LogP contribution in [-0.4, -0.2) is 54.1 Å². The van der Waals surface area contributed by atoms with Crippen molar-refractivity contribution in [3.8, 4) is 6.07 Å². The summed E-state index contributed by atoms with van der Waals surface area (Å²) in [4.78, 5) is 5.16. The summed E-state index contributed by atoms with van der Waals surface area (Å²) in [6, 6.07) is 3.81. The summed E-state index contributed by atoms with van der Waals surface area (Å²) in [5.74, 6) is 0. The van der Waals surface area contributed by atoms with Crippen LogP contribution in [0.3, 0.4) is 0 Å². The van der Waals surface area contributed by atoms with E-state index < -0.39 is 5.54 Å². The van der Waals surface area contributed by atoms with Gasteiger partial charge in [-0.15, -0.1) is 0 Å². The van der Waals surface area contributed by atoms with Crippen LogP contribution in [0, 0.1) is 11.3 Å². The molecule has 0 aliphatic carbocycles. The van der Waals surface area contributed by atoms with Crippen LogP contribution in [0.15, 0.2) is 0 Å². The van der Waals surface area contributed by atoms with Gasteiger partial charge in [0.2, 0.25) is 0 Å². The summed E-state index contributed by atoms with van der Waals surface area (Å²) >= 11 is 0. The number of nitrogens with zero attached hydrogens (tertiary/aromatic N) is 3. The number of hydrogen-bond acceptors (Lipinski definition) is 4. The first-order valence-electron chi connectivity index (χ1n) is 7.72. The summed E-state index contributed by atoms with van der Waals surface area (Å²) in [6.07, 6.45) is 6.64. The molecule has 0 aromatic carbocycles. The van der Waals surface area contributed by atoms with Gasteiger partial charge in [-0.05, 0) is 58.7 Å². The van der Waals surface area contributed by atoms with Gasteiger partial charge in [-0.25, -0.2) is 0 Å². The van der Waals surface area contributed by atoms with Crippen molar-refractivity contribution in [1.29, 1.82) is 5.26 Å². The summed E-state index contributed by atoms with van der Waals surface area (Å²) in [5, 5.41) is 9.09. The molecule has 2 saturated heterocycles. The van der Waals surface area contributed by atoms with Gasteiger partial charge in [0, 0.05) is 18.6 Å². The Morgan fingerprint density at radius 1 is 1.32 bits per heavy atom. The van der Waals surface area contributed by atoms with E-state index in [1.54, 1.807) is 0 Å². The molecule has 2 fully saturated rings. The minimum atomic E-state index is -0.609. The van der Waals surface area contributed by atoms with Gasteiger partial charge >= 0.3 is 0 Å². The molecule has 3 atom stereocenters. The normalized spacial score (nSPS) is 31.7. The molecule has 2 aliphatic heterocycles. The molecular formula is C15H28N4. The van der Waals surface area contributed by atoms with Crippen molar-refractivity contribution < 1.29 is 0 Å². The number of nitrogens with two attached hydrogens (primary N) is 1. The van der Waals surface area contributed by atoms with Crippen LogP contribution in [0.4, 0.5) is 0 Å². The maximum Gasteiger partial charge on any atom is 0.104 e. The average molecular weight is 264 g/mol. The molecule has 0 radical (unpaired) electrons. The van der Waals surface area contributed by atoms with Crippen molar-refractivity contribution in [1.82, 2.24) is 9.80 Å². The van der Waals surface area contributed by atoms with Gasteiger partial charge in [0.05, 0.1) is 6.07 Å². The van der Waals surface area contributed by atoms with E-state index in [2.05, 4.69) is 22.9 Å². The van der Waals surface area contributed by atoms with Gasteiger partial charge in [0.15, 0.2) is 0 Å². The van der Waals surface area contributed by atoms with Gasteiger partial charge < -0.3 is 10.6 Å². The molecule has 2 rings (SSSR count). The van der Waals surface area contributed by atoms with E-state index in [0.717, 1.165) is 37.9 Å². The van der Waals surface area contributed by atoms with Crippen molar-refractivity contribution in [3.05, 3.63) is 0 Å². The van der Waals surface area contributed by atoms with Crippen LogP contribution < -0.4 is 5.73 Å². The third kappa shape index (κ3) is 3.47. The molecule has 2 N–H and O–H groups in total. The SMILES string of the molecule is CCC(N)(C#N)CCCN1CCC2CCC(C1)N2C. The minimum absolute atomic E-state index is 0.609. The maximum absolute atomic E-state index is 9.09. The highest BCUT2D eigenvalue weighted by Gasteiger charge is 2.34. The second-order valence-electron chi connectivity index (χ2n) is 6.36. The van der Waals surface area contributed by atoms with Crippen LogP contribution in [0.1, 0.15) is 45.4 Å². The Balaban J connectivity index is 1.77. The lowest BCUT2D eigenvalue weighted by Gasteiger charge is -2.27. The monoisotopic (exact) mass is 264 g/mol. The highest BCUT2D eigenvalue weighted by molar-refractivity contribution is 5.03. The number of hydrogen-bond donors (Lipinski definition) is 1. The molecule has 4 heteroatoms. The maximum atomic E-state index is 9.09. The zero-order valence-electron chi connectivity index (χ0n) is 12.4. The molecule has 0 amide bonds. The van der Waals surface area contributed by atoms with Crippen LogP contribution in [0.25, 0.3) is 0 Å². The smallest absolute Gasteiger partial charge is 0.104 e. The Bertz CT molecular complexity index is 338. The fourth-order valence-corrected chi connectivity index (χ4v) is 3.51. The molecule has 2 heterocycles. The van der Waals surface area contributed by atoms with Gasteiger partial charge in [-0.1, -0.05) is 6.92 Å². The van der Waals surface area contributed by atoms with Crippen LogP contribution >= 0.6 is 0 Å². The van der Waals surface area contributed by atoms with E-state index >= 15 is 0 Å². The number of rotatable bonds is 5. The molecule has 2 bridgehead atoms. The minimum Gasteiger partial charge on any atom is -0.313 e. The fourth-order valence-electron chi connectivity index (χ4n) is 3.51. The highest BCUT2D eigenvalue weighted by atomic mass is 15.3. The van der Waals surface area contributed by atoms with Crippen LogP contribution in [0.2, 0.25) is 0 Å². The third-order valence-corrected chi connectivity index (χ3v) is 5.18. The van der Waals surface area contributed by atoms with E-state index in [1.807, 2.05) is 6.92 Å². The summed E-state index contributed by atoms with van der Waals surface area (Å²) < 4.78 is 0. The lowest BCUT2D eigenvalue weighted by Crippen LogP contribution is -2.40. The molecule has 0 saturated carbocycles. The number of nitriles is 1. The van der Waals surface area contributed by atoms with E-state index in [9.17, 15) is 0 Å². The first kappa shape index (κ1) is 14.8. The zero-order chi connectivity index (χ0) is 13.9. The van der Waals surface area contributed by atoms with Crippen molar-refractivity contribution in [2.24, 2.45) is 5.73 Å². The molecule has 19 heavy (non-hydrogen) atoms. The van der Waals surface area contributed by atoms with Crippen molar-refractivity contribution in [2.75, 3.05) is 26.7 Å². The standard InChI is InChI=1S/C15H28N4/c1-3-15(17,12-16)8-4-9-19-10-7-13-5-6-14(11-19)18(13)2/h13-14H,3-11,17H2,1-2H3. The number of fused-ring (bicyclic) bond motifs is 2. The third-order valence-electron chi connectivity index (χ3n) is 5.18. The molecule has 3 unspecified atom stereocenters. The predicted octanol–water partition coefficient (Wildman–Crippen LogP) is 1.57. The second-order valence-corrected chi connectivity index (χ2v) is 6.36. The van der Waals surface area contributed by atoms with Gasteiger partial charge in [0.1, 0.15) is 5.54 Å². The zero-order valence-corrected chi connectivity index (χ0v) is 12.4. The van der Waals surface area contributed by atoms with Crippen molar-refractivity contribution in [3.63, 3.8) is 0 Å². The Morgan fingerprint density at radius 2 is 2.05 bits per heavy atom. The number of likely N-dealkylation sites (tertiary alicyclic amines) is 1. The topological polar surface area (TPSA) is 56.3 Å². The Kier molecular flexibility index (Phi) is 4.83. The molecule has 0 spiro atoms. The largest absolute Gasteiger partial charge is 0.313 e. The predicted molar refractivity (Wildman–Crippen MR) is 77.7 cm³/mol. The lowest BCUT2D eigenvalue weighted by molar-refractivity contribution is 0.214. The quantitative estimate of drug-likeness (QED) is 0.819. The molecule has 4 nitrogen and oxygen atoms in total. The second kappa shape index (κ2) is 6.21. The Morgan fingerprint density at radius 3 is 2.74 bits per heavy atom. The highest BCUT2D eigenvalue weighted by Crippen LogP contribution is 2.28. The van der Waals surface area contributed by atoms with Gasteiger partial charge in [-0.3, -0.25) is 4.90 Å². The van der Waals surface area contributed by atoms with Gasteiger partial charge in [-0.2, -0.15) is 5.26 Å². The van der Waals surface area contributed by atoms with E-state index in [0.29, 0.717) is 0 Å². The Labute approximate surface area is 117 Å². The molecule has 0 aromatic heterocycles. The summed E-state index contributed by atoms with van der Waals surface area (Å²) in [5.41, 5.74) is 5.43. The van der Waals surface area contributed by atoms with Crippen LogP contribution in [-0.2, 0) is 0 Å². The van der Waals surface area contributed by atoms with E-state index in [4.69, 9.17) is 11.0 Å². The molecule has 2 aliphatic rings. The van der Waals surface area contributed by atoms with E-state index in [-0.39, 0.29) is 0 Å². The summed E-state index contributed by atoms with van der Waals surface area (Å²) in [7, 11) is 2.28. The fraction of sp³-hybridized carbons (Fsp3) is 0.933. The average Bonchev–Trinajstić information content (AvgIpc) is 2.66.